The van der Waals surface area contributed by atoms with E-state index >= 15 is 0 Å². The number of nitrogens with zero attached hydrogens (tertiary/aromatic N) is 3. The molecule has 1 heterocycles. The topological polar surface area (TPSA) is 57.0 Å². The van der Waals surface area contributed by atoms with Gasteiger partial charge in [0, 0.05) is 0 Å². The summed E-state index contributed by atoms with van der Waals surface area (Å²) in [6.45, 7) is 0. The van der Waals surface area contributed by atoms with Crippen molar-refractivity contribution in [3.8, 4) is 5.69 Å². The number of carbonyl (C=O) groups is 1. The highest BCUT2D eigenvalue weighted by molar-refractivity contribution is 9.08. The summed E-state index contributed by atoms with van der Waals surface area (Å²) in [5, 5.41) is 8.80. The second-order valence-electron chi connectivity index (χ2n) is 3.25. The van der Waals surface area contributed by atoms with E-state index in [1.165, 1.54) is 11.9 Å². The molecule has 88 valence electrons. The van der Waals surface area contributed by atoms with Gasteiger partial charge in [-0.05, 0) is 12.1 Å². The molecular formula is C11H10BrN3O2. The first-order chi connectivity index (χ1) is 8.26. The molecule has 0 radical (unpaired) electrons. The quantitative estimate of drug-likeness (QED) is 0.641. The number of methoxy groups -OCH3 is 1. The molecule has 0 aliphatic heterocycles. The van der Waals surface area contributed by atoms with E-state index in [1.807, 2.05) is 30.3 Å². The molecule has 6 heteroatoms. The van der Waals surface area contributed by atoms with Crippen molar-refractivity contribution in [1.29, 1.82) is 0 Å². The summed E-state index contributed by atoms with van der Waals surface area (Å²) < 4.78 is 4.65. The number of hydrogen-bond acceptors (Lipinski definition) is 4. The lowest BCUT2D eigenvalue weighted by Crippen LogP contribution is -2.05. The van der Waals surface area contributed by atoms with Gasteiger partial charge in [0.2, 0.25) is 0 Å². The van der Waals surface area contributed by atoms with Crippen LogP contribution >= 0.6 is 15.9 Å². The molecule has 17 heavy (non-hydrogen) atoms. The largest absolute Gasteiger partial charge is 0.464 e. The Kier molecular flexibility index (Phi) is 3.53. The van der Waals surface area contributed by atoms with Crippen LogP contribution in [0.15, 0.2) is 30.3 Å². The van der Waals surface area contributed by atoms with Crippen molar-refractivity contribution in [2.75, 3.05) is 7.11 Å². The molecular weight excluding hydrogens is 286 g/mol. The number of benzene rings is 1. The van der Waals surface area contributed by atoms with Gasteiger partial charge in [-0.2, -0.15) is 9.90 Å². The molecule has 0 saturated carbocycles. The van der Waals surface area contributed by atoms with Crippen LogP contribution in [0.4, 0.5) is 0 Å². The van der Waals surface area contributed by atoms with E-state index in [9.17, 15) is 4.79 Å². The molecule has 0 saturated heterocycles. The van der Waals surface area contributed by atoms with Crippen molar-refractivity contribution in [3.63, 3.8) is 0 Å². The summed E-state index contributed by atoms with van der Waals surface area (Å²) in [4.78, 5) is 12.9. The molecule has 0 unspecified atom stereocenters. The smallest absolute Gasteiger partial charge is 0.360 e. The molecule has 0 amide bonds. The van der Waals surface area contributed by atoms with Crippen molar-refractivity contribution < 1.29 is 9.53 Å². The standard InChI is InChI=1S/C11H10BrN3O2/c1-17-11(16)10-9(7-12)13-15(14-10)8-5-3-2-4-6-8/h2-6H,7H2,1H3. The van der Waals surface area contributed by atoms with E-state index in [0.29, 0.717) is 11.0 Å². The Balaban J connectivity index is 2.45. The SMILES string of the molecule is COC(=O)c1nn(-c2ccccc2)nc1CBr. The van der Waals surface area contributed by atoms with Crippen molar-refractivity contribution in [3.05, 3.63) is 41.7 Å². The van der Waals surface area contributed by atoms with Crippen LogP contribution < -0.4 is 0 Å². The zero-order valence-corrected chi connectivity index (χ0v) is 10.7. The minimum atomic E-state index is -0.485. The Bertz CT molecular complexity index is 525. The minimum absolute atomic E-state index is 0.230. The normalized spacial score (nSPS) is 10.2. The maximum absolute atomic E-state index is 11.5. The average Bonchev–Trinajstić information content (AvgIpc) is 2.83. The van der Waals surface area contributed by atoms with Gasteiger partial charge in [0.15, 0.2) is 5.69 Å². The Labute approximate surface area is 107 Å². The van der Waals surface area contributed by atoms with Crippen LogP contribution in [-0.2, 0) is 10.1 Å². The number of esters is 1. The van der Waals surface area contributed by atoms with Crippen LogP contribution in [0.1, 0.15) is 16.2 Å². The van der Waals surface area contributed by atoms with Crippen molar-refractivity contribution >= 4 is 21.9 Å². The maximum atomic E-state index is 11.5. The van der Waals surface area contributed by atoms with Gasteiger partial charge in [-0.1, -0.05) is 34.1 Å². The van der Waals surface area contributed by atoms with E-state index < -0.39 is 5.97 Å². The van der Waals surface area contributed by atoms with Crippen LogP contribution in [0, 0.1) is 0 Å². The lowest BCUT2D eigenvalue weighted by molar-refractivity contribution is 0.0592. The summed E-state index contributed by atoms with van der Waals surface area (Å²) in [5.41, 5.74) is 1.58. The van der Waals surface area contributed by atoms with Gasteiger partial charge in [-0.15, -0.1) is 5.10 Å². The highest BCUT2D eigenvalue weighted by atomic mass is 79.9. The van der Waals surface area contributed by atoms with E-state index in [1.54, 1.807) is 0 Å². The molecule has 2 rings (SSSR count). The van der Waals surface area contributed by atoms with Crippen molar-refractivity contribution in [2.24, 2.45) is 0 Å². The second kappa shape index (κ2) is 5.09. The van der Waals surface area contributed by atoms with E-state index in [0.717, 1.165) is 5.69 Å². The number of para-hydroxylation sites is 1. The fraction of sp³-hybridized carbons (Fsp3) is 0.182. The fourth-order valence-corrected chi connectivity index (χ4v) is 1.74. The summed E-state index contributed by atoms with van der Waals surface area (Å²) in [5.74, 6) is -0.485. The van der Waals surface area contributed by atoms with Gasteiger partial charge >= 0.3 is 5.97 Å². The second-order valence-corrected chi connectivity index (χ2v) is 3.81. The molecule has 0 aliphatic rings. The van der Waals surface area contributed by atoms with Crippen LogP contribution in [0.25, 0.3) is 5.69 Å². The van der Waals surface area contributed by atoms with Gasteiger partial charge in [-0.3, -0.25) is 0 Å². The maximum Gasteiger partial charge on any atom is 0.360 e. The third-order valence-electron chi connectivity index (χ3n) is 2.18. The number of rotatable bonds is 3. The van der Waals surface area contributed by atoms with Crippen LogP contribution in [-0.4, -0.2) is 28.1 Å². The number of alkyl halides is 1. The molecule has 1 aromatic carbocycles. The van der Waals surface area contributed by atoms with Crippen LogP contribution in [0.2, 0.25) is 0 Å². The highest BCUT2D eigenvalue weighted by Crippen LogP contribution is 2.12. The first-order valence-electron chi connectivity index (χ1n) is 4.92. The average molecular weight is 296 g/mol. The van der Waals surface area contributed by atoms with E-state index in [-0.39, 0.29) is 5.69 Å². The zero-order valence-electron chi connectivity index (χ0n) is 9.13. The monoisotopic (exact) mass is 295 g/mol. The molecule has 2 aromatic rings. The van der Waals surface area contributed by atoms with E-state index in [2.05, 4.69) is 30.9 Å². The molecule has 0 spiro atoms. The van der Waals surface area contributed by atoms with Gasteiger partial charge in [0.25, 0.3) is 0 Å². The predicted molar refractivity (Wildman–Crippen MR) is 65.3 cm³/mol. The fourth-order valence-electron chi connectivity index (χ4n) is 1.36. The molecule has 0 aliphatic carbocycles. The number of ether oxygens (including phenoxy) is 1. The Morgan fingerprint density at radius 3 is 2.65 bits per heavy atom. The molecule has 0 fully saturated rings. The Morgan fingerprint density at radius 1 is 1.35 bits per heavy atom. The number of halogens is 1. The Hall–Kier alpha value is -1.69. The number of aromatic nitrogens is 3. The lowest BCUT2D eigenvalue weighted by atomic mass is 10.3. The minimum Gasteiger partial charge on any atom is -0.464 e. The molecule has 1 aromatic heterocycles. The first-order valence-corrected chi connectivity index (χ1v) is 6.04. The summed E-state index contributed by atoms with van der Waals surface area (Å²) in [6.07, 6.45) is 0. The first kappa shape index (κ1) is 11.8. The molecule has 5 nitrogen and oxygen atoms in total. The van der Waals surface area contributed by atoms with Gasteiger partial charge in [0.05, 0.1) is 18.1 Å². The molecule has 0 atom stereocenters. The van der Waals surface area contributed by atoms with Crippen LogP contribution in [0.3, 0.4) is 0 Å². The summed E-state index contributed by atoms with van der Waals surface area (Å²) in [6, 6.07) is 9.38. The van der Waals surface area contributed by atoms with Gasteiger partial charge in [-0.25, -0.2) is 4.79 Å². The molecule has 0 bridgehead atoms. The zero-order chi connectivity index (χ0) is 12.3. The van der Waals surface area contributed by atoms with Crippen LogP contribution in [0.5, 0.6) is 0 Å². The molecule has 0 N–H and O–H groups in total. The van der Waals surface area contributed by atoms with Crippen molar-refractivity contribution in [2.45, 2.75) is 5.33 Å². The number of hydrogen-bond donors (Lipinski definition) is 0. The third-order valence-corrected chi connectivity index (χ3v) is 2.71. The summed E-state index contributed by atoms with van der Waals surface area (Å²) in [7, 11) is 1.32. The highest BCUT2D eigenvalue weighted by Gasteiger charge is 2.18. The summed E-state index contributed by atoms with van der Waals surface area (Å²) >= 11 is 3.27. The van der Waals surface area contributed by atoms with Gasteiger partial charge < -0.3 is 4.74 Å². The Morgan fingerprint density at radius 2 is 2.06 bits per heavy atom. The van der Waals surface area contributed by atoms with Gasteiger partial charge in [0.1, 0.15) is 5.69 Å². The number of carbonyl (C=O) groups excluding carboxylic acids is 1. The lowest BCUT2D eigenvalue weighted by Gasteiger charge is -1.96. The predicted octanol–water partition coefficient (Wildman–Crippen LogP) is 1.95. The third kappa shape index (κ3) is 2.36. The van der Waals surface area contributed by atoms with E-state index in [4.69, 9.17) is 0 Å². The van der Waals surface area contributed by atoms with Crippen molar-refractivity contribution in [1.82, 2.24) is 15.0 Å².